The van der Waals surface area contributed by atoms with Gasteiger partial charge in [0.15, 0.2) is 0 Å². The number of nitro groups is 1. The van der Waals surface area contributed by atoms with Crippen LogP contribution in [0.3, 0.4) is 0 Å². The monoisotopic (exact) mass is 356 g/mol. The second-order valence-electron chi connectivity index (χ2n) is 6.77. The second kappa shape index (κ2) is 7.91. The van der Waals surface area contributed by atoms with Crippen LogP contribution in [0.4, 0.5) is 10.1 Å². The lowest BCUT2D eigenvalue weighted by atomic mass is 9.92. The minimum atomic E-state index is -0.697. The van der Waals surface area contributed by atoms with Gasteiger partial charge in [0.1, 0.15) is 5.82 Å². The highest BCUT2D eigenvalue weighted by atomic mass is 19.1. The minimum absolute atomic E-state index is 0.170. The number of benzene rings is 2. The maximum atomic E-state index is 13.2. The van der Waals surface area contributed by atoms with E-state index in [9.17, 15) is 19.3 Å². The van der Waals surface area contributed by atoms with Gasteiger partial charge in [-0.15, -0.1) is 0 Å². The highest BCUT2D eigenvalue weighted by Crippen LogP contribution is 2.21. The SMILES string of the molecule is Cc1ccccc1CC(C)(C)NC(=O)C=Cc1ccc(F)cc1[N+](=O)[O-]. The zero-order valence-electron chi connectivity index (χ0n) is 15.0. The summed E-state index contributed by atoms with van der Waals surface area (Å²) in [4.78, 5) is 22.5. The van der Waals surface area contributed by atoms with Gasteiger partial charge in [0, 0.05) is 11.6 Å². The molecule has 0 heterocycles. The van der Waals surface area contributed by atoms with E-state index in [1.165, 1.54) is 18.2 Å². The van der Waals surface area contributed by atoms with E-state index in [0.29, 0.717) is 6.42 Å². The fourth-order valence-corrected chi connectivity index (χ4v) is 2.69. The van der Waals surface area contributed by atoms with Crippen molar-refractivity contribution in [1.29, 1.82) is 0 Å². The van der Waals surface area contributed by atoms with E-state index in [4.69, 9.17) is 0 Å². The van der Waals surface area contributed by atoms with Crippen LogP contribution in [0.5, 0.6) is 0 Å². The third kappa shape index (κ3) is 5.24. The Morgan fingerprint density at radius 3 is 2.62 bits per heavy atom. The topological polar surface area (TPSA) is 72.2 Å². The quantitative estimate of drug-likeness (QED) is 0.479. The van der Waals surface area contributed by atoms with Crippen molar-refractivity contribution in [2.75, 3.05) is 0 Å². The summed E-state index contributed by atoms with van der Waals surface area (Å²) in [6, 6.07) is 11.2. The molecule has 136 valence electrons. The molecule has 1 amide bonds. The van der Waals surface area contributed by atoms with Gasteiger partial charge in [-0.3, -0.25) is 14.9 Å². The Morgan fingerprint density at radius 2 is 1.96 bits per heavy atom. The number of amides is 1. The Hall–Kier alpha value is -3.02. The van der Waals surface area contributed by atoms with Gasteiger partial charge in [-0.05, 0) is 56.5 Å². The first kappa shape index (κ1) is 19.3. The lowest BCUT2D eigenvalue weighted by molar-refractivity contribution is -0.385. The van der Waals surface area contributed by atoms with E-state index in [-0.39, 0.29) is 17.2 Å². The summed E-state index contributed by atoms with van der Waals surface area (Å²) in [6.07, 6.45) is 3.19. The van der Waals surface area contributed by atoms with Crippen molar-refractivity contribution in [3.05, 3.63) is 81.2 Å². The number of halogens is 1. The van der Waals surface area contributed by atoms with E-state index < -0.39 is 16.3 Å². The molecule has 5 nitrogen and oxygen atoms in total. The van der Waals surface area contributed by atoms with Gasteiger partial charge in [-0.1, -0.05) is 24.3 Å². The van der Waals surface area contributed by atoms with E-state index in [0.717, 1.165) is 23.3 Å². The smallest absolute Gasteiger partial charge is 0.279 e. The van der Waals surface area contributed by atoms with E-state index in [2.05, 4.69) is 5.32 Å². The molecule has 2 rings (SSSR count). The van der Waals surface area contributed by atoms with Crippen molar-refractivity contribution in [3.63, 3.8) is 0 Å². The number of nitrogens with one attached hydrogen (secondary N) is 1. The normalized spacial score (nSPS) is 11.5. The third-order valence-corrected chi connectivity index (χ3v) is 3.96. The van der Waals surface area contributed by atoms with E-state index in [1.54, 1.807) is 0 Å². The molecule has 0 atom stereocenters. The highest BCUT2D eigenvalue weighted by molar-refractivity contribution is 5.92. The molecule has 0 radical (unpaired) electrons. The van der Waals surface area contributed by atoms with Gasteiger partial charge < -0.3 is 5.32 Å². The zero-order valence-corrected chi connectivity index (χ0v) is 15.0. The summed E-state index contributed by atoms with van der Waals surface area (Å²) in [5, 5.41) is 13.9. The maximum absolute atomic E-state index is 13.2. The van der Waals surface area contributed by atoms with E-state index in [1.807, 2.05) is 45.0 Å². The fourth-order valence-electron chi connectivity index (χ4n) is 2.69. The number of nitro benzene ring substituents is 1. The molecule has 1 N–H and O–H groups in total. The van der Waals surface area contributed by atoms with Crippen LogP contribution < -0.4 is 5.32 Å². The molecule has 0 aliphatic heterocycles. The third-order valence-electron chi connectivity index (χ3n) is 3.96. The molecule has 6 heteroatoms. The predicted molar refractivity (Wildman–Crippen MR) is 99.2 cm³/mol. The van der Waals surface area contributed by atoms with Crippen molar-refractivity contribution < 1.29 is 14.1 Å². The first-order valence-electron chi connectivity index (χ1n) is 8.17. The van der Waals surface area contributed by atoms with E-state index >= 15 is 0 Å². The van der Waals surface area contributed by atoms with Crippen molar-refractivity contribution in [2.24, 2.45) is 0 Å². The first-order chi connectivity index (χ1) is 12.2. The molecular formula is C20H21FN2O3. The molecule has 0 spiro atoms. The van der Waals surface area contributed by atoms with Crippen LogP contribution in [0.1, 0.15) is 30.5 Å². The summed E-state index contributed by atoms with van der Waals surface area (Å²) in [7, 11) is 0. The maximum Gasteiger partial charge on any atom is 0.279 e. The largest absolute Gasteiger partial charge is 0.347 e. The molecule has 0 saturated carbocycles. The summed E-state index contributed by atoms with van der Waals surface area (Å²) >= 11 is 0. The van der Waals surface area contributed by atoms with Crippen molar-refractivity contribution in [2.45, 2.75) is 32.7 Å². The standard InChI is InChI=1S/C20H21FN2O3/c1-14-6-4-5-7-16(14)13-20(2,3)22-19(24)11-9-15-8-10-17(21)12-18(15)23(25)26/h4-12H,13H2,1-3H3,(H,22,24). The molecule has 26 heavy (non-hydrogen) atoms. The van der Waals surface area contributed by atoms with Gasteiger partial charge in [-0.2, -0.15) is 0 Å². The Bertz CT molecular complexity index is 860. The van der Waals surface area contributed by atoms with Crippen LogP contribution >= 0.6 is 0 Å². The molecule has 0 fully saturated rings. The Morgan fingerprint density at radius 1 is 1.27 bits per heavy atom. The van der Waals surface area contributed by atoms with Gasteiger partial charge in [0.05, 0.1) is 16.6 Å². The summed E-state index contributed by atoms with van der Waals surface area (Å²) in [6.45, 7) is 5.83. The van der Waals surface area contributed by atoms with Gasteiger partial charge >= 0.3 is 0 Å². The van der Waals surface area contributed by atoms with Crippen LogP contribution in [-0.2, 0) is 11.2 Å². The van der Waals surface area contributed by atoms with Crippen LogP contribution in [-0.4, -0.2) is 16.4 Å². The Kier molecular flexibility index (Phi) is 5.87. The molecule has 0 aromatic heterocycles. The number of nitrogens with zero attached hydrogens (tertiary/aromatic N) is 1. The van der Waals surface area contributed by atoms with Gasteiger partial charge in [0.2, 0.25) is 5.91 Å². The molecule has 0 aliphatic carbocycles. The fraction of sp³-hybridized carbons (Fsp3) is 0.250. The average molecular weight is 356 g/mol. The number of carbonyl (C=O) groups excluding carboxylic acids is 1. The zero-order chi connectivity index (χ0) is 19.3. The molecule has 0 bridgehead atoms. The highest BCUT2D eigenvalue weighted by Gasteiger charge is 2.21. The number of rotatable bonds is 6. The predicted octanol–water partition coefficient (Wildman–Crippen LogP) is 4.19. The van der Waals surface area contributed by atoms with Crippen LogP contribution in [0, 0.1) is 22.9 Å². The Labute approximate surface area is 151 Å². The molecule has 2 aromatic carbocycles. The van der Waals surface area contributed by atoms with Crippen LogP contribution in [0.25, 0.3) is 6.08 Å². The van der Waals surface area contributed by atoms with Crippen molar-refractivity contribution in [3.8, 4) is 0 Å². The second-order valence-corrected chi connectivity index (χ2v) is 6.77. The molecule has 0 saturated heterocycles. The molecular weight excluding hydrogens is 335 g/mol. The molecule has 0 unspecified atom stereocenters. The average Bonchev–Trinajstić information content (AvgIpc) is 2.55. The van der Waals surface area contributed by atoms with Gasteiger partial charge in [-0.25, -0.2) is 4.39 Å². The van der Waals surface area contributed by atoms with Crippen molar-refractivity contribution in [1.82, 2.24) is 5.32 Å². The lowest BCUT2D eigenvalue weighted by Gasteiger charge is -2.26. The molecule has 0 aliphatic rings. The summed E-state index contributed by atoms with van der Waals surface area (Å²) in [5.41, 5.74) is 1.57. The number of carbonyl (C=O) groups is 1. The first-order valence-corrected chi connectivity index (χ1v) is 8.17. The minimum Gasteiger partial charge on any atom is -0.347 e. The molecule has 2 aromatic rings. The summed E-state index contributed by atoms with van der Waals surface area (Å²) in [5.74, 6) is -1.07. The lowest BCUT2D eigenvalue weighted by Crippen LogP contribution is -2.44. The van der Waals surface area contributed by atoms with Crippen LogP contribution in [0.15, 0.2) is 48.5 Å². The van der Waals surface area contributed by atoms with Gasteiger partial charge in [0.25, 0.3) is 5.69 Å². The van der Waals surface area contributed by atoms with Crippen molar-refractivity contribution >= 4 is 17.7 Å². The summed E-state index contributed by atoms with van der Waals surface area (Å²) < 4.78 is 13.2. The van der Waals surface area contributed by atoms with Crippen LogP contribution in [0.2, 0.25) is 0 Å². The number of aryl methyl sites for hydroxylation is 1. The number of hydrogen-bond acceptors (Lipinski definition) is 3. The Balaban J connectivity index is 2.09. The number of hydrogen-bond donors (Lipinski definition) is 1.